The van der Waals surface area contributed by atoms with Gasteiger partial charge in [0.05, 0.1) is 0 Å². The Hall–Kier alpha value is -2.85. The van der Waals surface area contributed by atoms with E-state index in [0.717, 1.165) is 17.0 Å². The molecule has 0 spiro atoms. The molecule has 1 aliphatic heterocycles. The second kappa shape index (κ2) is 9.11. The number of carbonyl (C=O) groups is 1. The minimum Gasteiger partial charge on any atom is -0.417 e. The van der Waals surface area contributed by atoms with Crippen LogP contribution in [0.2, 0.25) is 0 Å². The molecule has 31 heavy (non-hydrogen) atoms. The SMILES string of the molecule is CN(C(=O)OC1(O)CCN(Cc2ccccc2F)CC1)c1ccc(OC(F)(F)F)cc1. The van der Waals surface area contributed by atoms with Crippen LogP contribution < -0.4 is 9.64 Å². The Morgan fingerprint density at radius 3 is 2.32 bits per heavy atom. The van der Waals surface area contributed by atoms with Crippen LogP contribution in [-0.4, -0.2) is 48.4 Å². The molecule has 0 saturated carbocycles. The Kier molecular flexibility index (Phi) is 6.71. The molecule has 3 rings (SSSR count). The lowest BCUT2D eigenvalue weighted by molar-refractivity contribution is -0.274. The third-order valence-electron chi connectivity index (χ3n) is 5.00. The number of anilines is 1. The number of carbonyl (C=O) groups excluding carboxylic acids is 1. The highest BCUT2D eigenvalue weighted by Crippen LogP contribution is 2.28. The summed E-state index contributed by atoms with van der Waals surface area (Å²) in [5, 5.41) is 10.6. The first-order chi connectivity index (χ1) is 14.5. The number of piperidine rings is 1. The van der Waals surface area contributed by atoms with E-state index in [1.54, 1.807) is 18.2 Å². The van der Waals surface area contributed by atoms with Gasteiger partial charge < -0.3 is 14.6 Å². The Labute approximate surface area is 176 Å². The van der Waals surface area contributed by atoms with Crippen molar-refractivity contribution >= 4 is 11.8 Å². The van der Waals surface area contributed by atoms with Gasteiger partial charge in [0, 0.05) is 50.8 Å². The predicted octanol–water partition coefficient (Wildman–Crippen LogP) is 4.28. The molecule has 1 heterocycles. The Bertz CT molecular complexity index is 897. The summed E-state index contributed by atoms with van der Waals surface area (Å²) in [5.74, 6) is -2.40. The van der Waals surface area contributed by atoms with Gasteiger partial charge in [-0.25, -0.2) is 9.18 Å². The van der Waals surface area contributed by atoms with E-state index in [1.807, 2.05) is 4.90 Å². The van der Waals surface area contributed by atoms with Crippen LogP contribution >= 0.6 is 0 Å². The molecule has 1 N–H and O–H groups in total. The van der Waals surface area contributed by atoms with Crippen molar-refractivity contribution in [1.29, 1.82) is 0 Å². The maximum absolute atomic E-state index is 13.8. The number of nitrogens with zero attached hydrogens (tertiary/aromatic N) is 2. The maximum atomic E-state index is 13.8. The van der Waals surface area contributed by atoms with Crippen LogP contribution in [0.25, 0.3) is 0 Å². The van der Waals surface area contributed by atoms with Gasteiger partial charge in [0.25, 0.3) is 0 Å². The lowest BCUT2D eigenvalue weighted by Gasteiger charge is -2.38. The zero-order valence-electron chi connectivity index (χ0n) is 16.7. The van der Waals surface area contributed by atoms with Crippen LogP contribution in [-0.2, 0) is 11.3 Å². The number of benzene rings is 2. The van der Waals surface area contributed by atoms with Crippen molar-refractivity contribution in [2.75, 3.05) is 25.0 Å². The van der Waals surface area contributed by atoms with E-state index >= 15 is 0 Å². The largest absolute Gasteiger partial charge is 0.573 e. The lowest BCUT2D eigenvalue weighted by atomic mass is 10.0. The van der Waals surface area contributed by atoms with E-state index in [1.165, 1.54) is 25.2 Å². The predicted molar refractivity (Wildman–Crippen MR) is 104 cm³/mol. The summed E-state index contributed by atoms with van der Waals surface area (Å²) in [5.41, 5.74) is 0.808. The smallest absolute Gasteiger partial charge is 0.417 e. The summed E-state index contributed by atoms with van der Waals surface area (Å²) in [6.45, 7) is 1.17. The molecule has 10 heteroatoms. The fourth-order valence-corrected chi connectivity index (χ4v) is 3.24. The molecule has 0 aliphatic carbocycles. The van der Waals surface area contributed by atoms with Crippen molar-refractivity contribution < 1.29 is 36.9 Å². The average Bonchev–Trinajstić information content (AvgIpc) is 2.70. The highest BCUT2D eigenvalue weighted by molar-refractivity contribution is 5.87. The number of amides is 1. The first-order valence-electron chi connectivity index (χ1n) is 9.55. The molecular weight excluding hydrogens is 420 g/mol. The van der Waals surface area contributed by atoms with Gasteiger partial charge in [-0.3, -0.25) is 9.80 Å². The summed E-state index contributed by atoms with van der Waals surface area (Å²) in [6, 6.07) is 11.1. The van der Waals surface area contributed by atoms with Crippen LogP contribution in [0.5, 0.6) is 5.75 Å². The molecule has 1 amide bonds. The van der Waals surface area contributed by atoms with Gasteiger partial charge in [0.2, 0.25) is 5.79 Å². The van der Waals surface area contributed by atoms with Gasteiger partial charge in [-0.2, -0.15) is 0 Å². The number of hydrogen-bond donors (Lipinski definition) is 1. The number of hydrogen-bond acceptors (Lipinski definition) is 5. The number of likely N-dealkylation sites (tertiary alicyclic amines) is 1. The number of alkyl halides is 3. The van der Waals surface area contributed by atoms with Gasteiger partial charge in [-0.15, -0.1) is 13.2 Å². The topological polar surface area (TPSA) is 62.2 Å². The van der Waals surface area contributed by atoms with Crippen molar-refractivity contribution in [2.45, 2.75) is 31.5 Å². The fourth-order valence-electron chi connectivity index (χ4n) is 3.24. The van der Waals surface area contributed by atoms with Crippen molar-refractivity contribution in [3.8, 4) is 5.75 Å². The van der Waals surface area contributed by atoms with Gasteiger partial charge >= 0.3 is 12.5 Å². The molecule has 2 aromatic rings. The third kappa shape index (κ3) is 6.31. The van der Waals surface area contributed by atoms with Gasteiger partial charge in [0.15, 0.2) is 0 Å². The molecule has 1 saturated heterocycles. The van der Waals surface area contributed by atoms with Gasteiger partial charge in [-0.1, -0.05) is 18.2 Å². The van der Waals surface area contributed by atoms with Crippen molar-refractivity contribution in [1.82, 2.24) is 4.90 Å². The first kappa shape index (κ1) is 22.8. The van der Waals surface area contributed by atoms with Crippen LogP contribution in [0.4, 0.5) is 28.0 Å². The quantitative estimate of drug-likeness (QED) is 0.553. The highest BCUT2D eigenvalue weighted by atomic mass is 19.4. The van der Waals surface area contributed by atoms with Crippen molar-refractivity contribution in [2.24, 2.45) is 0 Å². The van der Waals surface area contributed by atoms with E-state index in [4.69, 9.17) is 4.74 Å². The average molecular weight is 442 g/mol. The van der Waals surface area contributed by atoms with Gasteiger partial charge in [0.1, 0.15) is 11.6 Å². The van der Waals surface area contributed by atoms with Crippen LogP contribution in [0.3, 0.4) is 0 Å². The molecule has 2 aromatic carbocycles. The van der Waals surface area contributed by atoms with Crippen molar-refractivity contribution in [3.05, 3.63) is 59.9 Å². The maximum Gasteiger partial charge on any atom is 0.573 e. The molecule has 1 fully saturated rings. The molecule has 0 unspecified atom stereocenters. The van der Waals surface area contributed by atoms with E-state index < -0.39 is 24.0 Å². The van der Waals surface area contributed by atoms with Crippen LogP contribution in [0.1, 0.15) is 18.4 Å². The minimum absolute atomic E-state index is 0.138. The zero-order valence-corrected chi connectivity index (χ0v) is 16.7. The number of rotatable bonds is 5. The number of halogens is 4. The Morgan fingerprint density at radius 1 is 1.13 bits per heavy atom. The molecule has 6 nitrogen and oxygen atoms in total. The summed E-state index contributed by atoms with van der Waals surface area (Å²) in [7, 11) is 1.37. The minimum atomic E-state index is -4.81. The van der Waals surface area contributed by atoms with E-state index in [9.17, 15) is 27.5 Å². The molecule has 0 radical (unpaired) electrons. The fraction of sp³-hybridized carbons (Fsp3) is 0.381. The van der Waals surface area contributed by atoms with Crippen LogP contribution in [0, 0.1) is 5.82 Å². The standard InChI is InChI=1S/C21H22F4N2O4/c1-26(16-6-8-17(9-7-16)30-21(23,24)25)19(28)31-20(29)10-12-27(13-11-20)14-15-4-2-3-5-18(15)22/h2-9,29H,10-14H2,1H3. The molecule has 0 bridgehead atoms. The van der Waals surface area contributed by atoms with E-state index in [-0.39, 0.29) is 24.3 Å². The Balaban J connectivity index is 1.53. The highest BCUT2D eigenvalue weighted by Gasteiger charge is 2.37. The van der Waals surface area contributed by atoms with E-state index in [2.05, 4.69) is 4.74 Å². The monoisotopic (exact) mass is 442 g/mol. The lowest BCUT2D eigenvalue weighted by Crippen LogP contribution is -2.48. The Morgan fingerprint density at radius 2 is 1.74 bits per heavy atom. The third-order valence-corrected chi connectivity index (χ3v) is 5.00. The van der Waals surface area contributed by atoms with Crippen LogP contribution in [0.15, 0.2) is 48.5 Å². The van der Waals surface area contributed by atoms with Gasteiger partial charge in [-0.05, 0) is 30.3 Å². The summed E-state index contributed by atoms with van der Waals surface area (Å²) in [4.78, 5) is 15.4. The number of aliphatic hydroxyl groups is 1. The normalized spacial score (nSPS) is 16.6. The molecule has 1 aliphatic rings. The molecular formula is C21H22F4N2O4. The molecule has 0 atom stereocenters. The van der Waals surface area contributed by atoms with E-state index in [0.29, 0.717) is 25.2 Å². The summed E-state index contributed by atoms with van der Waals surface area (Å²) >= 11 is 0. The second-order valence-electron chi connectivity index (χ2n) is 7.28. The van der Waals surface area contributed by atoms with Crippen molar-refractivity contribution in [3.63, 3.8) is 0 Å². The molecule has 168 valence electrons. The second-order valence-corrected chi connectivity index (χ2v) is 7.28. The zero-order chi connectivity index (χ0) is 22.6. The summed E-state index contributed by atoms with van der Waals surface area (Å²) in [6.07, 6.45) is -5.38. The first-order valence-corrected chi connectivity index (χ1v) is 9.55. The molecule has 0 aromatic heterocycles. The number of ether oxygens (including phenoxy) is 2. The summed E-state index contributed by atoms with van der Waals surface area (Å²) < 4.78 is 59.6.